The SMILES string of the molecule is Cc1ccc(C(C)C)cc1-c1n[nH]c(=O)n1-c1ccc(N2CCN(C)CC2)cc1. The predicted molar refractivity (Wildman–Crippen MR) is 118 cm³/mol. The second-order valence-electron chi connectivity index (χ2n) is 8.22. The molecule has 0 atom stereocenters. The Bertz CT molecular complexity index is 1040. The molecule has 1 aliphatic rings. The molecule has 6 heteroatoms. The highest BCUT2D eigenvalue weighted by Gasteiger charge is 2.17. The lowest BCUT2D eigenvalue weighted by Crippen LogP contribution is -2.44. The Morgan fingerprint density at radius 3 is 2.28 bits per heavy atom. The van der Waals surface area contributed by atoms with E-state index in [1.165, 1.54) is 11.3 Å². The number of hydrogen-bond acceptors (Lipinski definition) is 4. The smallest absolute Gasteiger partial charge is 0.348 e. The highest BCUT2D eigenvalue weighted by Crippen LogP contribution is 2.27. The van der Waals surface area contributed by atoms with Gasteiger partial charge in [0.15, 0.2) is 5.82 Å². The number of hydrogen-bond donors (Lipinski definition) is 1. The molecule has 1 N–H and O–H groups in total. The molecule has 2 heterocycles. The number of benzene rings is 2. The maximum absolute atomic E-state index is 12.6. The fourth-order valence-corrected chi connectivity index (χ4v) is 3.83. The maximum Gasteiger partial charge on any atom is 0.348 e. The summed E-state index contributed by atoms with van der Waals surface area (Å²) in [6, 6.07) is 14.6. The van der Waals surface area contributed by atoms with Crippen molar-refractivity contribution in [1.82, 2.24) is 19.7 Å². The molecule has 0 aliphatic carbocycles. The van der Waals surface area contributed by atoms with Crippen molar-refractivity contribution in [2.75, 3.05) is 38.1 Å². The van der Waals surface area contributed by atoms with Gasteiger partial charge in [0, 0.05) is 37.4 Å². The molecule has 0 saturated carbocycles. The first-order chi connectivity index (χ1) is 13.9. The van der Waals surface area contributed by atoms with E-state index in [2.05, 4.69) is 78.1 Å². The van der Waals surface area contributed by atoms with Crippen LogP contribution >= 0.6 is 0 Å². The van der Waals surface area contributed by atoms with Crippen LogP contribution in [0.1, 0.15) is 30.9 Å². The summed E-state index contributed by atoms with van der Waals surface area (Å²) in [6.07, 6.45) is 0. The van der Waals surface area contributed by atoms with Crippen LogP contribution in [0.2, 0.25) is 0 Å². The van der Waals surface area contributed by atoms with Crippen LogP contribution in [-0.2, 0) is 0 Å². The van der Waals surface area contributed by atoms with Crippen molar-refractivity contribution in [3.63, 3.8) is 0 Å². The van der Waals surface area contributed by atoms with E-state index in [0.29, 0.717) is 11.7 Å². The standard InChI is InChI=1S/C23H29N5O/c1-16(2)18-6-5-17(3)21(15-18)22-24-25-23(29)28(22)20-9-7-19(8-10-20)27-13-11-26(4)12-14-27/h5-10,15-16H,11-14H2,1-4H3,(H,25,29). The van der Waals surface area contributed by atoms with Crippen LogP contribution in [0.15, 0.2) is 47.3 Å². The Morgan fingerprint density at radius 1 is 0.966 bits per heavy atom. The Kier molecular flexibility index (Phi) is 5.28. The van der Waals surface area contributed by atoms with E-state index in [1.54, 1.807) is 4.57 Å². The number of likely N-dealkylation sites (N-methyl/N-ethyl adjacent to an activating group) is 1. The Balaban J connectivity index is 1.70. The average molecular weight is 392 g/mol. The molecule has 152 valence electrons. The second-order valence-corrected chi connectivity index (χ2v) is 8.22. The fourth-order valence-electron chi connectivity index (χ4n) is 3.83. The number of nitrogens with one attached hydrogen (secondary N) is 1. The van der Waals surface area contributed by atoms with Crippen molar-refractivity contribution in [3.8, 4) is 17.1 Å². The van der Waals surface area contributed by atoms with Gasteiger partial charge in [-0.15, -0.1) is 0 Å². The second kappa shape index (κ2) is 7.87. The molecule has 3 aromatic rings. The number of aromatic nitrogens is 3. The summed E-state index contributed by atoms with van der Waals surface area (Å²) in [5, 5.41) is 6.99. The molecule has 0 amide bonds. The van der Waals surface area contributed by atoms with Gasteiger partial charge >= 0.3 is 5.69 Å². The quantitative estimate of drug-likeness (QED) is 0.740. The zero-order valence-electron chi connectivity index (χ0n) is 17.6. The zero-order valence-corrected chi connectivity index (χ0v) is 17.6. The largest absolute Gasteiger partial charge is 0.369 e. The lowest BCUT2D eigenvalue weighted by atomic mass is 9.97. The van der Waals surface area contributed by atoms with E-state index in [9.17, 15) is 4.79 Å². The van der Waals surface area contributed by atoms with E-state index >= 15 is 0 Å². The van der Waals surface area contributed by atoms with Gasteiger partial charge in [-0.05, 0) is 61.3 Å². The lowest BCUT2D eigenvalue weighted by Gasteiger charge is -2.34. The number of H-pyrrole nitrogens is 1. The van der Waals surface area contributed by atoms with Crippen molar-refractivity contribution in [2.45, 2.75) is 26.7 Å². The summed E-state index contributed by atoms with van der Waals surface area (Å²) in [4.78, 5) is 17.3. The molecule has 0 spiro atoms. The van der Waals surface area contributed by atoms with E-state index in [4.69, 9.17) is 0 Å². The summed E-state index contributed by atoms with van der Waals surface area (Å²) < 4.78 is 1.67. The number of aryl methyl sites for hydroxylation is 1. The van der Waals surface area contributed by atoms with E-state index in [0.717, 1.165) is 43.0 Å². The van der Waals surface area contributed by atoms with Crippen molar-refractivity contribution in [2.24, 2.45) is 0 Å². The van der Waals surface area contributed by atoms with Crippen LogP contribution in [0.3, 0.4) is 0 Å². The monoisotopic (exact) mass is 391 g/mol. The molecule has 0 bridgehead atoms. The van der Waals surface area contributed by atoms with Crippen LogP contribution in [-0.4, -0.2) is 52.9 Å². The van der Waals surface area contributed by atoms with Crippen molar-refractivity contribution in [3.05, 3.63) is 64.1 Å². The first-order valence-electron chi connectivity index (χ1n) is 10.3. The first kappa shape index (κ1) is 19.5. The summed E-state index contributed by atoms with van der Waals surface area (Å²) in [5.41, 5.74) is 5.12. The molecule has 1 saturated heterocycles. The van der Waals surface area contributed by atoms with Gasteiger partial charge in [0.1, 0.15) is 0 Å². The van der Waals surface area contributed by atoms with Crippen LogP contribution < -0.4 is 10.6 Å². The van der Waals surface area contributed by atoms with Gasteiger partial charge in [-0.25, -0.2) is 14.5 Å². The molecule has 2 aromatic carbocycles. The lowest BCUT2D eigenvalue weighted by molar-refractivity contribution is 0.313. The van der Waals surface area contributed by atoms with Gasteiger partial charge < -0.3 is 9.80 Å². The number of anilines is 1. The number of aromatic amines is 1. The molecular weight excluding hydrogens is 362 g/mol. The third-order valence-electron chi connectivity index (χ3n) is 5.82. The maximum atomic E-state index is 12.6. The summed E-state index contributed by atoms with van der Waals surface area (Å²) >= 11 is 0. The highest BCUT2D eigenvalue weighted by atomic mass is 16.1. The van der Waals surface area contributed by atoms with Crippen LogP contribution in [0.4, 0.5) is 5.69 Å². The van der Waals surface area contributed by atoms with Crippen molar-refractivity contribution < 1.29 is 0 Å². The molecular formula is C23H29N5O. The van der Waals surface area contributed by atoms with E-state index < -0.39 is 0 Å². The normalized spacial score (nSPS) is 15.3. The summed E-state index contributed by atoms with van der Waals surface area (Å²) in [6.45, 7) is 10.6. The average Bonchev–Trinajstić information content (AvgIpc) is 3.10. The van der Waals surface area contributed by atoms with Crippen LogP contribution in [0, 0.1) is 6.92 Å². The van der Waals surface area contributed by atoms with Gasteiger partial charge in [-0.2, -0.15) is 5.10 Å². The van der Waals surface area contributed by atoms with Crippen LogP contribution in [0.5, 0.6) is 0 Å². The van der Waals surface area contributed by atoms with Gasteiger partial charge in [0.25, 0.3) is 0 Å². The summed E-state index contributed by atoms with van der Waals surface area (Å²) in [7, 11) is 2.16. The zero-order chi connectivity index (χ0) is 20.5. The minimum atomic E-state index is -0.221. The predicted octanol–water partition coefficient (Wildman–Crippen LogP) is 3.41. The third-order valence-corrected chi connectivity index (χ3v) is 5.82. The molecule has 1 aliphatic heterocycles. The topological polar surface area (TPSA) is 57.2 Å². The molecule has 1 fully saturated rings. The van der Waals surface area contributed by atoms with Gasteiger partial charge in [0.05, 0.1) is 5.69 Å². The molecule has 4 rings (SSSR count). The highest BCUT2D eigenvalue weighted by molar-refractivity contribution is 5.64. The van der Waals surface area contributed by atoms with Gasteiger partial charge in [0.2, 0.25) is 0 Å². The Labute approximate surface area is 171 Å². The fraction of sp³-hybridized carbons (Fsp3) is 0.391. The molecule has 1 aromatic heterocycles. The van der Waals surface area contributed by atoms with Gasteiger partial charge in [-0.3, -0.25) is 0 Å². The summed E-state index contributed by atoms with van der Waals surface area (Å²) in [5.74, 6) is 1.07. The molecule has 0 radical (unpaired) electrons. The third kappa shape index (κ3) is 3.85. The van der Waals surface area contributed by atoms with Crippen molar-refractivity contribution in [1.29, 1.82) is 0 Å². The van der Waals surface area contributed by atoms with E-state index in [1.807, 2.05) is 12.1 Å². The number of nitrogens with zero attached hydrogens (tertiary/aromatic N) is 4. The number of rotatable bonds is 4. The minimum Gasteiger partial charge on any atom is -0.369 e. The van der Waals surface area contributed by atoms with Gasteiger partial charge in [-0.1, -0.05) is 26.0 Å². The Hall–Kier alpha value is -2.86. The molecule has 6 nitrogen and oxygen atoms in total. The first-order valence-corrected chi connectivity index (χ1v) is 10.3. The van der Waals surface area contributed by atoms with Crippen molar-refractivity contribution >= 4 is 5.69 Å². The molecule has 0 unspecified atom stereocenters. The minimum absolute atomic E-state index is 0.221. The number of piperazine rings is 1. The van der Waals surface area contributed by atoms with Crippen LogP contribution in [0.25, 0.3) is 17.1 Å². The Morgan fingerprint density at radius 2 is 1.62 bits per heavy atom. The molecule has 29 heavy (non-hydrogen) atoms. The van der Waals surface area contributed by atoms with E-state index in [-0.39, 0.29) is 5.69 Å².